The molecule has 48 heavy (non-hydrogen) atoms. The first kappa shape index (κ1) is 32.6. The topological polar surface area (TPSA) is 193 Å². The Kier molecular flexibility index (Phi) is 9.61. The number of nitrogens with zero attached hydrogens (tertiary/aromatic N) is 5. The van der Waals surface area contributed by atoms with Crippen LogP contribution in [0, 0.1) is 5.92 Å². The third-order valence-electron chi connectivity index (χ3n) is 7.87. The van der Waals surface area contributed by atoms with E-state index < -0.39 is 42.3 Å². The molecule has 5 amide bonds. The van der Waals surface area contributed by atoms with Crippen LogP contribution in [0.4, 0.5) is 0 Å². The summed E-state index contributed by atoms with van der Waals surface area (Å²) in [5.74, 6) is -2.12. The number of carbonyl (C=O) groups excluding carboxylic acids is 5. The fraction of sp³-hybridized carbons (Fsp3) is 0.375. The van der Waals surface area contributed by atoms with E-state index in [9.17, 15) is 24.0 Å². The van der Waals surface area contributed by atoms with Gasteiger partial charge in [0.2, 0.25) is 11.8 Å². The van der Waals surface area contributed by atoms with Crippen LogP contribution in [-0.4, -0.2) is 80.4 Å². The maximum atomic E-state index is 13.8. The Morgan fingerprint density at radius 3 is 2.50 bits per heavy atom. The molecular weight excluding hydrogens is 638 g/mol. The van der Waals surface area contributed by atoms with Gasteiger partial charge in [0.1, 0.15) is 28.7 Å². The third-order valence-corrected chi connectivity index (χ3v) is 8.82. The molecule has 0 radical (unpaired) electrons. The van der Waals surface area contributed by atoms with Gasteiger partial charge < -0.3 is 30.6 Å². The van der Waals surface area contributed by atoms with Gasteiger partial charge in [-0.3, -0.25) is 28.7 Å². The molecule has 4 aromatic rings. The van der Waals surface area contributed by atoms with Gasteiger partial charge in [0.25, 0.3) is 23.6 Å². The van der Waals surface area contributed by atoms with Gasteiger partial charge in [0.05, 0.1) is 19.1 Å². The van der Waals surface area contributed by atoms with Crippen molar-refractivity contribution in [3.63, 3.8) is 0 Å². The van der Waals surface area contributed by atoms with Gasteiger partial charge in [-0.15, -0.1) is 11.3 Å². The predicted octanol–water partition coefficient (Wildman–Crippen LogP) is 1.87. The Bertz CT molecular complexity index is 1830. The molecule has 0 spiro atoms. The molecule has 2 atom stereocenters. The van der Waals surface area contributed by atoms with Crippen molar-refractivity contribution in [2.45, 2.75) is 45.3 Å². The van der Waals surface area contributed by atoms with Crippen molar-refractivity contribution in [3.8, 4) is 0 Å². The monoisotopic (exact) mass is 673 g/mol. The first-order valence-corrected chi connectivity index (χ1v) is 16.5. The van der Waals surface area contributed by atoms with E-state index in [1.165, 1.54) is 33.2 Å². The number of hydrogen-bond acceptors (Lipinski definition) is 10. The molecule has 4 N–H and O–H groups in total. The van der Waals surface area contributed by atoms with Gasteiger partial charge >= 0.3 is 0 Å². The summed E-state index contributed by atoms with van der Waals surface area (Å²) in [5, 5.41) is 17.9. The molecule has 0 fully saturated rings. The van der Waals surface area contributed by atoms with Gasteiger partial charge in [0.15, 0.2) is 11.4 Å². The van der Waals surface area contributed by atoms with E-state index in [0.29, 0.717) is 30.9 Å². The third kappa shape index (κ3) is 7.43. The summed E-state index contributed by atoms with van der Waals surface area (Å²) in [6.07, 6.45) is 2.09. The number of hydrogen-bond donors (Lipinski definition) is 4. The Hall–Kier alpha value is -5.38. The molecule has 3 aromatic heterocycles. The lowest BCUT2D eigenvalue weighted by molar-refractivity contribution is -0.122. The molecule has 1 aromatic carbocycles. The molecule has 0 unspecified atom stereocenters. The number of rotatable bonds is 5. The first-order valence-electron chi connectivity index (χ1n) is 15.6. The van der Waals surface area contributed by atoms with Crippen molar-refractivity contribution in [2.75, 3.05) is 26.2 Å². The fourth-order valence-corrected chi connectivity index (χ4v) is 6.40. The average molecular weight is 674 g/mol. The van der Waals surface area contributed by atoms with E-state index in [4.69, 9.17) is 4.42 Å². The lowest BCUT2D eigenvalue weighted by Crippen LogP contribution is -2.45. The zero-order valence-electron chi connectivity index (χ0n) is 26.4. The summed E-state index contributed by atoms with van der Waals surface area (Å²) < 4.78 is 7.21. The highest BCUT2D eigenvalue weighted by molar-refractivity contribution is 7.09. The van der Waals surface area contributed by atoms with Gasteiger partial charge in [-0.05, 0) is 17.9 Å². The van der Waals surface area contributed by atoms with Gasteiger partial charge in [-0.25, -0.2) is 9.97 Å². The highest BCUT2D eigenvalue weighted by Gasteiger charge is 2.30. The second-order valence-electron chi connectivity index (χ2n) is 12.0. The number of aromatic nitrogens is 4. The standard InChI is InChI=1S/C32H35N9O6S/c1-18(2)12-21-31-38-24(17-48-31)27(43)33-8-10-40(32(46)22-14-25-29(45)34-9-11-41(25)39-22)15-26(42)35-20(13-19-6-4-3-5-7-19)30-37-23(16-47-30)28(44)36-21/h3-7,14,16-18,20-21H,8-13,15H2,1-2H3,(H,33,43)(H,34,45)(H,35,42)(H,36,44)/t20-,21-/m0/s1. The lowest BCUT2D eigenvalue weighted by Gasteiger charge is -2.23. The summed E-state index contributed by atoms with van der Waals surface area (Å²) in [6.45, 7) is 4.37. The van der Waals surface area contributed by atoms with Crippen LogP contribution in [0.25, 0.3) is 0 Å². The van der Waals surface area contributed by atoms with Crippen LogP contribution in [0.3, 0.4) is 0 Å². The van der Waals surface area contributed by atoms with E-state index in [1.807, 2.05) is 44.2 Å². The SMILES string of the molecule is CC(C)C[C@@H]1NC(=O)c2coc(n2)[C@H](Cc2ccccc2)NC(=O)CN(C(=O)c2cc3n(n2)CCNC3=O)CCNC(=O)c2csc1n2. The Labute approximate surface area is 279 Å². The molecule has 6 rings (SSSR count). The molecule has 0 saturated heterocycles. The zero-order chi connectivity index (χ0) is 33.8. The van der Waals surface area contributed by atoms with Crippen molar-refractivity contribution in [2.24, 2.45) is 5.92 Å². The lowest BCUT2D eigenvalue weighted by atomic mass is 10.0. The van der Waals surface area contributed by atoms with Crippen molar-refractivity contribution in [3.05, 3.63) is 87.3 Å². The molecule has 15 nitrogen and oxygen atoms in total. The minimum atomic E-state index is -0.784. The molecule has 0 aliphatic carbocycles. The first-order chi connectivity index (χ1) is 23.1. The van der Waals surface area contributed by atoms with Gasteiger partial charge in [-0.2, -0.15) is 5.10 Å². The van der Waals surface area contributed by atoms with Gasteiger partial charge in [-0.1, -0.05) is 44.2 Å². The normalized spacial score (nSPS) is 19.0. The van der Waals surface area contributed by atoms with Crippen LogP contribution in [0.2, 0.25) is 0 Å². The minimum absolute atomic E-state index is 0.00146. The van der Waals surface area contributed by atoms with Crippen molar-refractivity contribution in [1.82, 2.24) is 45.9 Å². The van der Waals surface area contributed by atoms with E-state index in [-0.39, 0.29) is 53.6 Å². The summed E-state index contributed by atoms with van der Waals surface area (Å²) in [4.78, 5) is 76.4. The summed E-state index contributed by atoms with van der Waals surface area (Å²) in [6, 6.07) is 9.51. The maximum absolute atomic E-state index is 13.8. The van der Waals surface area contributed by atoms with Crippen molar-refractivity contribution < 1.29 is 28.4 Å². The summed E-state index contributed by atoms with van der Waals surface area (Å²) in [7, 11) is 0. The molecule has 4 bridgehead atoms. The van der Waals surface area contributed by atoms with Crippen LogP contribution < -0.4 is 21.3 Å². The van der Waals surface area contributed by atoms with E-state index in [0.717, 1.165) is 5.56 Å². The number of thiazole rings is 1. The van der Waals surface area contributed by atoms with Crippen LogP contribution in [-0.2, 0) is 17.8 Å². The van der Waals surface area contributed by atoms with Crippen LogP contribution in [0.1, 0.15) is 90.8 Å². The van der Waals surface area contributed by atoms with E-state index in [2.05, 4.69) is 36.3 Å². The molecule has 0 saturated carbocycles. The summed E-state index contributed by atoms with van der Waals surface area (Å²) >= 11 is 1.25. The largest absolute Gasteiger partial charge is 0.446 e. The average Bonchev–Trinajstić information content (AvgIpc) is 3.84. The van der Waals surface area contributed by atoms with Crippen molar-refractivity contribution >= 4 is 40.9 Å². The molecule has 2 aliphatic rings. The van der Waals surface area contributed by atoms with Crippen LogP contribution in [0.15, 0.2) is 52.5 Å². The second kappa shape index (κ2) is 14.2. The molecule has 5 heterocycles. The number of carbonyl (C=O) groups is 5. The molecular formula is C32H35N9O6S. The molecule has 2 aliphatic heterocycles. The summed E-state index contributed by atoms with van der Waals surface area (Å²) in [5.41, 5.74) is 1.29. The van der Waals surface area contributed by atoms with Crippen LogP contribution >= 0.6 is 11.3 Å². The predicted molar refractivity (Wildman–Crippen MR) is 172 cm³/mol. The molecule has 16 heteroatoms. The number of oxazole rings is 1. The zero-order valence-corrected chi connectivity index (χ0v) is 27.2. The maximum Gasteiger partial charge on any atom is 0.274 e. The number of amides is 5. The number of fused-ring (bicyclic) bond motifs is 5. The quantitative estimate of drug-likeness (QED) is 0.245. The second-order valence-corrected chi connectivity index (χ2v) is 12.9. The highest BCUT2D eigenvalue weighted by Crippen LogP contribution is 2.26. The Morgan fingerprint density at radius 2 is 1.73 bits per heavy atom. The fourth-order valence-electron chi connectivity index (χ4n) is 5.54. The molecule has 250 valence electrons. The smallest absolute Gasteiger partial charge is 0.274 e. The Morgan fingerprint density at radius 1 is 0.958 bits per heavy atom. The van der Waals surface area contributed by atoms with E-state index >= 15 is 0 Å². The minimum Gasteiger partial charge on any atom is -0.446 e. The number of benzene rings is 1. The van der Waals surface area contributed by atoms with Crippen molar-refractivity contribution in [1.29, 1.82) is 0 Å². The van der Waals surface area contributed by atoms with E-state index in [1.54, 1.807) is 5.38 Å². The highest BCUT2D eigenvalue weighted by atomic mass is 32.1. The Balaban J connectivity index is 1.33. The van der Waals surface area contributed by atoms with Gasteiger partial charge in [0, 0.05) is 37.5 Å². The number of nitrogens with one attached hydrogen (secondary N) is 4. The van der Waals surface area contributed by atoms with Crippen LogP contribution in [0.5, 0.6) is 0 Å².